The third kappa shape index (κ3) is 3.88. The topological polar surface area (TPSA) is 75.0 Å². The van der Waals surface area contributed by atoms with Gasteiger partial charge < -0.3 is 15.6 Å². The van der Waals surface area contributed by atoms with Gasteiger partial charge in [-0.2, -0.15) is 0 Å². The van der Waals surface area contributed by atoms with E-state index < -0.39 is 5.91 Å². The van der Waals surface area contributed by atoms with Gasteiger partial charge in [-0.1, -0.05) is 25.8 Å². The van der Waals surface area contributed by atoms with Gasteiger partial charge in [0, 0.05) is 12.0 Å². The van der Waals surface area contributed by atoms with Crippen LogP contribution in [0.15, 0.2) is 18.2 Å². The van der Waals surface area contributed by atoms with E-state index in [4.69, 9.17) is 10.7 Å². The lowest BCUT2D eigenvalue weighted by Crippen LogP contribution is -2.42. The minimum atomic E-state index is -0.410. The fourth-order valence-electron chi connectivity index (χ4n) is 5.19. The number of likely N-dealkylation sites (tertiary alicyclic amines) is 1. The van der Waals surface area contributed by atoms with E-state index in [2.05, 4.69) is 16.8 Å². The molecule has 2 heterocycles. The summed E-state index contributed by atoms with van der Waals surface area (Å²) in [5, 5.41) is 0. The van der Waals surface area contributed by atoms with Gasteiger partial charge in [-0.3, -0.25) is 4.79 Å². The molecule has 1 saturated heterocycles. The van der Waals surface area contributed by atoms with Crippen LogP contribution in [0.25, 0.3) is 11.0 Å². The molecule has 4 rings (SSSR count). The summed E-state index contributed by atoms with van der Waals surface area (Å²) in [6.45, 7) is 4.63. The number of nitrogens with one attached hydrogen (secondary N) is 1. The summed E-state index contributed by atoms with van der Waals surface area (Å²) in [6, 6.07) is 6.38. The average molecular weight is 369 g/mol. The van der Waals surface area contributed by atoms with Crippen molar-refractivity contribution in [3.8, 4) is 0 Å². The number of hydrogen-bond acceptors (Lipinski definition) is 3. The second-order valence-corrected chi connectivity index (χ2v) is 8.46. The molecule has 3 N–H and O–H groups in total. The first-order chi connectivity index (χ1) is 13.2. The zero-order valence-corrected chi connectivity index (χ0v) is 16.4. The number of aromatic amines is 1. The van der Waals surface area contributed by atoms with Crippen LogP contribution in [0.4, 0.5) is 0 Å². The number of aromatic nitrogens is 2. The highest BCUT2D eigenvalue weighted by molar-refractivity contribution is 6.04. The number of piperidine rings is 1. The largest absolute Gasteiger partial charge is 0.366 e. The number of amides is 1. The van der Waals surface area contributed by atoms with Crippen LogP contribution in [0.5, 0.6) is 0 Å². The molecular formula is C22H32N4O. The molecule has 0 spiro atoms. The monoisotopic (exact) mass is 368 g/mol. The third-order valence-electron chi connectivity index (χ3n) is 6.74. The van der Waals surface area contributed by atoms with Gasteiger partial charge in [0.25, 0.3) is 5.91 Å². The smallest absolute Gasteiger partial charge is 0.250 e. The lowest BCUT2D eigenvalue weighted by atomic mass is 9.82. The first-order valence-electron chi connectivity index (χ1n) is 10.7. The molecule has 146 valence electrons. The number of fused-ring (bicyclic) bond motifs is 1. The molecule has 0 atom stereocenters. The van der Waals surface area contributed by atoms with E-state index in [0.717, 1.165) is 54.7 Å². The Bertz CT molecular complexity index is 783. The number of benzene rings is 1. The minimum Gasteiger partial charge on any atom is -0.366 e. The van der Waals surface area contributed by atoms with Gasteiger partial charge in [0.2, 0.25) is 0 Å². The summed E-state index contributed by atoms with van der Waals surface area (Å²) in [4.78, 5) is 22.6. The molecule has 1 aliphatic carbocycles. The van der Waals surface area contributed by atoms with Crippen molar-refractivity contribution in [3.05, 3.63) is 29.6 Å². The number of carbonyl (C=O) groups is 1. The zero-order valence-electron chi connectivity index (χ0n) is 16.4. The van der Waals surface area contributed by atoms with Gasteiger partial charge in [0.15, 0.2) is 0 Å². The highest BCUT2D eigenvalue weighted by Gasteiger charge is 2.30. The summed E-state index contributed by atoms with van der Waals surface area (Å²) < 4.78 is 0. The minimum absolute atomic E-state index is 0.410. The highest BCUT2D eigenvalue weighted by Crippen LogP contribution is 2.34. The Morgan fingerprint density at radius 2 is 1.93 bits per heavy atom. The SMILES string of the molecule is CCCC1CCC(N2CCC(c3nc4c(C(N)=O)cccc4[nH]3)CC2)CC1. The van der Waals surface area contributed by atoms with E-state index in [1.807, 2.05) is 12.1 Å². The molecule has 27 heavy (non-hydrogen) atoms. The zero-order chi connectivity index (χ0) is 18.8. The molecule has 1 aromatic carbocycles. The van der Waals surface area contributed by atoms with Gasteiger partial charge in [-0.25, -0.2) is 4.98 Å². The Labute approximate surface area is 161 Å². The van der Waals surface area contributed by atoms with Crippen molar-refractivity contribution in [2.24, 2.45) is 11.7 Å². The van der Waals surface area contributed by atoms with Gasteiger partial charge >= 0.3 is 0 Å². The van der Waals surface area contributed by atoms with Crippen LogP contribution in [0.2, 0.25) is 0 Å². The molecule has 0 radical (unpaired) electrons. The first kappa shape index (κ1) is 18.5. The highest BCUT2D eigenvalue weighted by atomic mass is 16.1. The van der Waals surface area contributed by atoms with E-state index in [1.54, 1.807) is 6.07 Å². The van der Waals surface area contributed by atoms with Crippen LogP contribution in [-0.2, 0) is 0 Å². The lowest BCUT2D eigenvalue weighted by Gasteiger charge is -2.40. The summed E-state index contributed by atoms with van der Waals surface area (Å²) in [5.41, 5.74) is 7.64. The molecule has 2 fully saturated rings. The van der Waals surface area contributed by atoms with Gasteiger partial charge in [0.1, 0.15) is 11.3 Å². The summed E-state index contributed by atoms with van der Waals surface area (Å²) in [6.07, 6.45) is 10.6. The molecule has 0 unspecified atom stereocenters. The summed E-state index contributed by atoms with van der Waals surface area (Å²) in [5.74, 6) is 2.03. The van der Waals surface area contributed by atoms with Crippen molar-refractivity contribution in [2.45, 2.75) is 70.3 Å². The average Bonchev–Trinajstić information content (AvgIpc) is 3.13. The summed E-state index contributed by atoms with van der Waals surface area (Å²) >= 11 is 0. The van der Waals surface area contributed by atoms with E-state index in [-0.39, 0.29) is 0 Å². The predicted octanol–water partition coefficient (Wildman–Crippen LogP) is 4.20. The van der Waals surface area contributed by atoms with Crippen molar-refractivity contribution in [2.75, 3.05) is 13.1 Å². The van der Waals surface area contributed by atoms with Gasteiger partial charge in [-0.15, -0.1) is 0 Å². The number of hydrogen-bond donors (Lipinski definition) is 2. The van der Waals surface area contributed by atoms with Crippen molar-refractivity contribution < 1.29 is 4.79 Å². The molecule has 2 aromatic rings. The maximum Gasteiger partial charge on any atom is 0.250 e. The first-order valence-corrected chi connectivity index (χ1v) is 10.7. The second-order valence-electron chi connectivity index (χ2n) is 8.46. The molecule has 1 aliphatic heterocycles. The fourth-order valence-corrected chi connectivity index (χ4v) is 5.19. The standard InChI is InChI=1S/C22H32N4O/c1-2-4-15-7-9-17(10-8-15)26-13-11-16(12-14-26)22-24-19-6-3-5-18(21(23)27)20(19)25-22/h3,5-6,15-17H,2,4,7-14H2,1H3,(H2,23,27)(H,24,25). The van der Waals surface area contributed by atoms with Crippen LogP contribution < -0.4 is 5.73 Å². The van der Waals surface area contributed by atoms with Crippen molar-refractivity contribution in [1.82, 2.24) is 14.9 Å². The fraction of sp³-hybridized carbons (Fsp3) is 0.636. The maximum atomic E-state index is 11.6. The predicted molar refractivity (Wildman–Crippen MR) is 109 cm³/mol. The van der Waals surface area contributed by atoms with E-state index in [0.29, 0.717) is 11.5 Å². The number of primary amides is 1. The Morgan fingerprint density at radius 1 is 1.19 bits per heavy atom. The Kier molecular flexibility index (Phi) is 5.48. The number of nitrogens with zero attached hydrogens (tertiary/aromatic N) is 2. The summed E-state index contributed by atoms with van der Waals surface area (Å²) in [7, 11) is 0. The number of imidazole rings is 1. The second kappa shape index (κ2) is 8.01. The van der Waals surface area contributed by atoms with Crippen LogP contribution >= 0.6 is 0 Å². The molecular weight excluding hydrogens is 336 g/mol. The van der Waals surface area contributed by atoms with E-state index in [1.165, 1.54) is 38.5 Å². The van der Waals surface area contributed by atoms with E-state index >= 15 is 0 Å². The lowest BCUT2D eigenvalue weighted by molar-refractivity contribution is 0.100. The van der Waals surface area contributed by atoms with Gasteiger partial charge in [0.05, 0.1) is 11.1 Å². The number of carbonyl (C=O) groups excluding carboxylic acids is 1. The molecule has 5 nitrogen and oxygen atoms in total. The number of H-pyrrole nitrogens is 1. The maximum absolute atomic E-state index is 11.6. The molecule has 2 aliphatic rings. The van der Waals surface area contributed by atoms with Crippen molar-refractivity contribution in [1.29, 1.82) is 0 Å². The third-order valence-corrected chi connectivity index (χ3v) is 6.74. The molecule has 1 amide bonds. The van der Waals surface area contributed by atoms with Crippen LogP contribution in [-0.4, -0.2) is 39.9 Å². The number of para-hydroxylation sites is 1. The van der Waals surface area contributed by atoms with Crippen molar-refractivity contribution >= 4 is 16.9 Å². The quantitative estimate of drug-likeness (QED) is 0.830. The van der Waals surface area contributed by atoms with Gasteiger partial charge in [-0.05, 0) is 69.7 Å². The number of nitrogens with two attached hydrogens (primary N) is 1. The van der Waals surface area contributed by atoms with Crippen LogP contribution in [0, 0.1) is 5.92 Å². The van der Waals surface area contributed by atoms with E-state index in [9.17, 15) is 4.79 Å². The Balaban J connectivity index is 1.38. The van der Waals surface area contributed by atoms with Crippen LogP contribution in [0.3, 0.4) is 0 Å². The molecule has 0 bridgehead atoms. The molecule has 1 saturated carbocycles. The molecule has 5 heteroatoms. The number of rotatable bonds is 5. The van der Waals surface area contributed by atoms with Crippen LogP contribution in [0.1, 0.15) is 80.4 Å². The normalized spacial score (nSPS) is 25.1. The van der Waals surface area contributed by atoms with Crippen molar-refractivity contribution in [3.63, 3.8) is 0 Å². The molecule has 1 aromatic heterocycles. The Hall–Kier alpha value is -1.88. The Morgan fingerprint density at radius 3 is 2.59 bits per heavy atom.